The number of likely N-dealkylation sites (tertiary alicyclic amines) is 1. The highest BCUT2D eigenvalue weighted by Crippen LogP contribution is 2.49. The molecule has 1 saturated heterocycles. The Labute approximate surface area is 215 Å². The Bertz CT molecular complexity index is 1110. The van der Waals surface area contributed by atoms with Crippen LogP contribution in [0.3, 0.4) is 0 Å². The molecule has 3 aliphatic rings. The number of carbonyl (C=O) groups excluding carboxylic acids is 2. The van der Waals surface area contributed by atoms with E-state index in [1.54, 1.807) is 4.90 Å². The summed E-state index contributed by atoms with van der Waals surface area (Å²) in [6.07, 6.45) is 3.33. The number of halogens is 3. The van der Waals surface area contributed by atoms with Crippen LogP contribution in [0.4, 0.5) is 13.2 Å². The van der Waals surface area contributed by atoms with Gasteiger partial charge in [0.1, 0.15) is 0 Å². The number of benzene rings is 2. The van der Waals surface area contributed by atoms with Crippen LogP contribution in [0.1, 0.15) is 72.3 Å². The zero-order valence-corrected chi connectivity index (χ0v) is 20.9. The summed E-state index contributed by atoms with van der Waals surface area (Å²) in [4.78, 5) is 27.0. The number of amides is 2. The fourth-order valence-electron chi connectivity index (χ4n) is 6.36. The maximum atomic E-state index is 12.9. The van der Waals surface area contributed by atoms with Gasteiger partial charge in [0.25, 0.3) is 5.91 Å². The average Bonchev–Trinajstić information content (AvgIpc) is 3.38. The molecule has 0 aromatic heterocycles. The van der Waals surface area contributed by atoms with Gasteiger partial charge in [0, 0.05) is 36.2 Å². The first kappa shape index (κ1) is 25.8. The van der Waals surface area contributed by atoms with Crippen LogP contribution in [0.2, 0.25) is 0 Å². The van der Waals surface area contributed by atoms with Crippen molar-refractivity contribution in [3.05, 3.63) is 71.3 Å². The van der Waals surface area contributed by atoms with Gasteiger partial charge in [0.05, 0.1) is 12.1 Å². The molecule has 5 nitrogen and oxygen atoms in total. The van der Waals surface area contributed by atoms with Crippen molar-refractivity contribution in [1.29, 1.82) is 0 Å². The van der Waals surface area contributed by atoms with E-state index in [0.717, 1.165) is 44.2 Å². The minimum atomic E-state index is -4.52. The normalized spacial score (nSPS) is 27.6. The highest BCUT2D eigenvalue weighted by Gasteiger charge is 2.52. The molecule has 198 valence electrons. The van der Waals surface area contributed by atoms with E-state index < -0.39 is 17.6 Å². The largest absolute Gasteiger partial charge is 0.416 e. The molecule has 2 aromatic carbocycles. The molecule has 0 radical (unpaired) electrons. The number of alkyl halides is 3. The van der Waals surface area contributed by atoms with Crippen molar-refractivity contribution in [2.24, 2.45) is 5.41 Å². The van der Waals surface area contributed by atoms with Crippen molar-refractivity contribution < 1.29 is 22.8 Å². The Hall–Kier alpha value is -2.87. The lowest BCUT2D eigenvalue weighted by Crippen LogP contribution is -2.58. The molecule has 3 fully saturated rings. The lowest BCUT2D eigenvalue weighted by atomic mass is 9.63. The van der Waals surface area contributed by atoms with Crippen molar-refractivity contribution >= 4 is 11.8 Å². The van der Waals surface area contributed by atoms with Crippen molar-refractivity contribution in [3.63, 3.8) is 0 Å². The molecular weight excluding hydrogens is 479 g/mol. The second kappa shape index (κ2) is 10.5. The van der Waals surface area contributed by atoms with Gasteiger partial charge in [-0.15, -0.1) is 0 Å². The van der Waals surface area contributed by atoms with Crippen LogP contribution in [-0.2, 0) is 11.0 Å². The molecule has 2 aliphatic carbocycles. The first-order valence-electron chi connectivity index (χ1n) is 13.3. The number of carbonyl (C=O) groups is 2. The van der Waals surface area contributed by atoms with Gasteiger partial charge >= 0.3 is 6.18 Å². The quantitative estimate of drug-likeness (QED) is 0.563. The molecule has 1 aliphatic heterocycles. The van der Waals surface area contributed by atoms with Crippen LogP contribution in [0.15, 0.2) is 54.6 Å². The zero-order valence-electron chi connectivity index (χ0n) is 20.9. The summed E-state index contributed by atoms with van der Waals surface area (Å²) >= 11 is 0. The lowest BCUT2D eigenvalue weighted by molar-refractivity contribution is -0.137. The van der Waals surface area contributed by atoms with Crippen LogP contribution >= 0.6 is 0 Å². The molecule has 2 atom stereocenters. The first-order valence-corrected chi connectivity index (χ1v) is 13.3. The van der Waals surface area contributed by atoms with E-state index in [-0.39, 0.29) is 23.4 Å². The Kier molecular flexibility index (Phi) is 7.30. The van der Waals surface area contributed by atoms with Crippen molar-refractivity contribution in [2.45, 2.75) is 69.1 Å². The number of nitrogens with one attached hydrogen (secondary N) is 2. The fraction of sp³-hybridized carbons (Fsp3) is 0.517. The predicted octanol–water partition coefficient (Wildman–Crippen LogP) is 5.13. The molecule has 1 spiro atoms. The SMILES string of the molecule is O=C(NCC(=O)N1CC[C@@]2(CC[C@@H]2NC2CCC(c3ccccc3)CC2)C1)c1cccc(C(F)(F)F)c1. The van der Waals surface area contributed by atoms with Gasteiger partial charge in [-0.05, 0) is 74.6 Å². The van der Waals surface area contributed by atoms with E-state index in [9.17, 15) is 22.8 Å². The second-order valence-corrected chi connectivity index (χ2v) is 10.9. The van der Waals surface area contributed by atoms with Crippen LogP contribution in [0, 0.1) is 5.41 Å². The van der Waals surface area contributed by atoms with Gasteiger partial charge in [-0.1, -0.05) is 36.4 Å². The van der Waals surface area contributed by atoms with Crippen LogP contribution < -0.4 is 10.6 Å². The average molecular weight is 514 g/mol. The lowest BCUT2D eigenvalue weighted by Gasteiger charge is -2.49. The Morgan fingerprint density at radius 2 is 1.70 bits per heavy atom. The molecule has 2 saturated carbocycles. The van der Waals surface area contributed by atoms with Crippen molar-refractivity contribution in [3.8, 4) is 0 Å². The number of nitrogens with zero attached hydrogens (tertiary/aromatic N) is 1. The molecular formula is C29H34F3N3O2. The van der Waals surface area contributed by atoms with Gasteiger partial charge in [0.15, 0.2) is 0 Å². The molecule has 37 heavy (non-hydrogen) atoms. The Balaban J connectivity index is 1.09. The third-order valence-corrected chi connectivity index (χ3v) is 8.70. The molecule has 0 unspecified atom stereocenters. The van der Waals surface area contributed by atoms with Crippen molar-refractivity contribution in [1.82, 2.24) is 15.5 Å². The highest BCUT2D eigenvalue weighted by molar-refractivity contribution is 5.96. The van der Waals surface area contributed by atoms with Gasteiger partial charge in [0.2, 0.25) is 5.91 Å². The molecule has 5 rings (SSSR count). The molecule has 2 aromatic rings. The third kappa shape index (κ3) is 5.69. The molecule has 0 bridgehead atoms. The highest BCUT2D eigenvalue weighted by atomic mass is 19.4. The zero-order chi connectivity index (χ0) is 26.0. The maximum Gasteiger partial charge on any atom is 0.416 e. The minimum absolute atomic E-state index is 0.0942. The van der Waals surface area contributed by atoms with E-state index in [4.69, 9.17) is 0 Å². The summed E-state index contributed by atoms with van der Waals surface area (Å²) in [6, 6.07) is 15.9. The van der Waals surface area contributed by atoms with E-state index in [1.165, 1.54) is 30.5 Å². The first-order chi connectivity index (χ1) is 17.7. The number of hydrogen-bond acceptors (Lipinski definition) is 3. The third-order valence-electron chi connectivity index (χ3n) is 8.70. The smallest absolute Gasteiger partial charge is 0.343 e. The van der Waals surface area contributed by atoms with Gasteiger partial charge in [-0.3, -0.25) is 9.59 Å². The monoisotopic (exact) mass is 513 g/mol. The maximum absolute atomic E-state index is 12.9. The Morgan fingerprint density at radius 3 is 2.38 bits per heavy atom. The van der Waals surface area contributed by atoms with Gasteiger partial charge in [-0.2, -0.15) is 13.2 Å². The summed E-state index contributed by atoms with van der Waals surface area (Å²) in [5.74, 6) is -0.228. The van der Waals surface area contributed by atoms with E-state index >= 15 is 0 Å². The molecule has 2 amide bonds. The van der Waals surface area contributed by atoms with Gasteiger partial charge < -0.3 is 15.5 Å². The van der Waals surface area contributed by atoms with Crippen molar-refractivity contribution in [2.75, 3.05) is 19.6 Å². The molecule has 2 N–H and O–H groups in total. The van der Waals surface area contributed by atoms with Crippen LogP contribution in [0.25, 0.3) is 0 Å². The van der Waals surface area contributed by atoms with Gasteiger partial charge in [-0.25, -0.2) is 0 Å². The van der Waals surface area contributed by atoms with Crippen LogP contribution in [-0.4, -0.2) is 48.4 Å². The summed E-state index contributed by atoms with van der Waals surface area (Å²) < 4.78 is 38.8. The topological polar surface area (TPSA) is 61.4 Å². The van der Waals surface area contributed by atoms with E-state index in [0.29, 0.717) is 31.1 Å². The Morgan fingerprint density at radius 1 is 0.946 bits per heavy atom. The minimum Gasteiger partial charge on any atom is -0.343 e. The predicted molar refractivity (Wildman–Crippen MR) is 135 cm³/mol. The molecule has 8 heteroatoms. The standard InChI is InChI=1S/C29H34F3N3O2/c30-29(31,32)23-8-4-7-22(17-23)27(37)33-18-26(36)35-16-15-28(19-35)14-13-25(28)34-24-11-9-21(10-12-24)20-5-2-1-3-6-20/h1-8,17,21,24-25,34H,9-16,18-19H2,(H,33,37)/t21?,24?,25-,28-/m0/s1. The van der Waals surface area contributed by atoms with E-state index in [1.807, 2.05) is 0 Å². The number of hydrogen-bond donors (Lipinski definition) is 2. The van der Waals surface area contributed by atoms with E-state index in [2.05, 4.69) is 41.0 Å². The summed E-state index contributed by atoms with van der Waals surface area (Å²) in [7, 11) is 0. The second-order valence-electron chi connectivity index (χ2n) is 10.9. The summed E-state index contributed by atoms with van der Waals surface area (Å²) in [6.45, 7) is 1.10. The number of rotatable bonds is 6. The summed E-state index contributed by atoms with van der Waals surface area (Å²) in [5.41, 5.74) is 0.540. The fourth-order valence-corrected chi connectivity index (χ4v) is 6.36. The molecule has 1 heterocycles. The van der Waals surface area contributed by atoms with Crippen LogP contribution in [0.5, 0.6) is 0 Å². The summed E-state index contributed by atoms with van der Waals surface area (Å²) in [5, 5.41) is 6.41.